The van der Waals surface area contributed by atoms with E-state index in [2.05, 4.69) is 49.4 Å². The van der Waals surface area contributed by atoms with Crippen molar-refractivity contribution in [3.63, 3.8) is 0 Å². The molecule has 96 valence electrons. The molecule has 0 aliphatic heterocycles. The molecule has 0 nitrogen and oxygen atoms in total. The van der Waals surface area contributed by atoms with Crippen LogP contribution >= 0.6 is 0 Å². The van der Waals surface area contributed by atoms with E-state index in [1.807, 2.05) is 0 Å². The summed E-state index contributed by atoms with van der Waals surface area (Å²) in [5, 5.41) is 2.80. The first kappa shape index (κ1) is 11.3. The van der Waals surface area contributed by atoms with Crippen molar-refractivity contribution in [1.82, 2.24) is 0 Å². The third-order valence-electron chi connectivity index (χ3n) is 5.02. The van der Waals surface area contributed by atoms with Crippen LogP contribution in [-0.2, 0) is 0 Å². The minimum absolute atomic E-state index is 0.725. The van der Waals surface area contributed by atoms with Gasteiger partial charge in [-0.25, -0.2) is 0 Å². The Balaban J connectivity index is 1.84. The normalized spacial score (nSPS) is 20.6. The van der Waals surface area contributed by atoms with Crippen LogP contribution in [0.3, 0.4) is 0 Å². The van der Waals surface area contributed by atoms with Crippen LogP contribution in [0.15, 0.2) is 42.5 Å². The lowest BCUT2D eigenvalue weighted by Gasteiger charge is -2.22. The summed E-state index contributed by atoms with van der Waals surface area (Å²) >= 11 is 0. The molecule has 0 radical (unpaired) electrons. The fourth-order valence-electron chi connectivity index (χ4n) is 3.55. The Morgan fingerprint density at radius 1 is 1.00 bits per heavy atom. The topological polar surface area (TPSA) is 0 Å². The molecule has 2 aromatic rings. The Morgan fingerprint density at radius 3 is 2.58 bits per heavy atom. The van der Waals surface area contributed by atoms with E-state index < -0.39 is 0 Å². The molecule has 0 heteroatoms. The van der Waals surface area contributed by atoms with Crippen molar-refractivity contribution < 1.29 is 0 Å². The minimum Gasteiger partial charge on any atom is -0.0801 e. The van der Waals surface area contributed by atoms with Gasteiger partial charge in [0.05, 0.1) is 0 Å². The maximum atomic E-state index is 2.53. The minimum atomic E-state index is 0.725. The van der Waals surface area contributed by atoms with Gasteiger partial charge in [0.1, 0.15) is 0 Å². The number of aryl methyl sites for hydroxylation is 1. The van der Waals surface area contributed by atoms with Crippen LogP contribution in [0, 0.1) is 12.3 Å². The smallest absolute Gasteiger partial charge is 0.0109 e. The standard InChI is InChI=1S/C19H20/c1-14-12-16-4-2-3-5-17(16)18(13-14)15-6-8-19(9-7-15)10-11-19/h2-6,12-13H,7-11H2,1H3. The monoisotopic (exact) mass is 248 g/mol. The summed E-state index contributed by atoms with van der Waals surface area (Å²) < 4.78 is 0. The van der Waals surface area contributed by atoms with E-state index in [-0.39, 0.29) is 0 Å². The highest BCUT2D eigenvalue weighted by Gasteiger charge is 2.42. The lowest BCUT2D eigenvalue weighted by Crippen LogP contribution is -2.05. The molecular formula is C19H20. The van der Waals surface area contributed by atoms with E-state index in [0.717, 1.165) is 5.41 Å². The molecule has 1 spiro atoms. The second-order valence-electron chi connectivity index (χ2n) is 6.47. The van der Waals surface area contributed by atoms with Crippen molar-refractivity contribution >= 4 is 16.3 Å². The molecule has 19 heavy (non-hydrogen) atoms. The van der Waals surface area contributed by atoms with Crippen LogP contribution in [0.5, 0.6) is 0 Å². The highest BCUT2D eigenvalue weighted by molar-refractivity contribution is 5.94. The van der Waals surface area contributed by atoms with Crippen LogP contribution in [0.1, 0.15) is 43.2 Å². The molecule has 0 unspecified atom stereocenters. The molecule has 2 aliphatic carbocycles. The van der Waals surface area contributed by atoms with Crippen LogP contribution < -0.4 is 0 Å². The number of fused-ring (bicyclic) bond motifs is 1. The second kappa shape index (κ2) is 3.96. The van der Waals surface area contributed by atoms with Gasteiger partial charge in [-0.1, -0.05) is 42.5 Å². The molecule has 0 heterocycles. The van der Waals surface area contributed by atoms with Crippen LogP contribution in [0.4, 0.5) is 0 Å². The van der Waals surface area contributed by atoms with E-state index in [4.69, 9.17) is 0 Å². The van der Waals surface area contributed by atoms with Crippen molar-refractivity contribution in [2.75, 3.05) is 0 Å². The highest BCUT2D eigenvalue weighted by Crippen LogP contribution is 2.56. The molecule has 4 rings (SSSR count). The van der Waals surface area contributed by atoms with Gasteiger partial charge in [0.2, 0.25) is 0 Å². The molecule has 0 N–H and O–H groups in total. The first-order chi connectivity index (χ1) is 9.26. The van der Waals surface area contributed by atoms with E-state index in [9.17, 15) is 0 Å². The summed E-state index contributed by atoms with van der Waals surface area (Å²) in [4.78, 5) is 0. The predicted molar refractivity (Wildman–Crippen MR) is 82.2 cm³/mol. The van der Waals surface area contributed by atoms with Gasteiger partial charge in [-0.15, -0.1) is 0 Å². The Kier molecular flexibility index (Phi) is 2.35. The number of hydrogen-bond donors (Lipinski definition) is 0. The van der Waals surface area contributed by atoms with Crippen molar-refractivity contribution in [3.05, 3.63) is 53.6 Å². The van der Waals surface area contributed by atoms with Crippen LogP contribution in [0.2, 0.25) is 0 Å². The SMILES string of the molecule is Cc1cc(C2=CCC3(CC2)CC3)c2ccccc2c1. The largest absolute Gasteiger partial charge is 0.0801 e. The Bertz CT molecular complexity index is 671. The van der Waals surface area contributed by atoms with Gasteiger partial charge in [-0.2, -0.15) is 0 Å². The average molecular weight is 248 g/mol. The quantitative estimate of drug-likeness (QED) is 0.625. The summed E-state index contributed by atoms with van der Waals surface area (Å²) in [5.41, 5.74) is 5.16. The molecule has 2 aliphatic rings. The van der Waals surface area contributed by atoms with Gasteiger partial charge in [0, 0.05) is 0 Å². The maximum absolute atomic E-state index is 2.53. The first-order valence-electron chi connectivity index (χ1n) is 7.45. The number of allylic oxidation sites excluding steroid dienone is 2. The number of rotatable bonds is 1. The zero-order valence-electron chi connectivity index (χ0n) is 11.6. The summed E-state index contributed by atoms with van der Waals surface area (Å²) in [7, 11) is 0. The first-order valence-corrected chi connectivity index (χ1v) is 7.45. The van der Waals surface area contributed by atoms with Gasteiger partial charge in [0.25, 0.3) is 0 Å². The molecule has 1 fully saturated rings. The molecule has 0 bridgehead atoms. The van der Waals surface area contributed by atoms with Crippen LogP contribution in [0.25, 0.3) is 16.3 Å². The van der Waals surface area contributed by atoms with E-state index >= 15 is 0 Å². The Morgan fingerprint density at radius 2 is 1.84 bits per heavy atom. The van der Waals surface area contributed by atoms with Crippen molar-refractivity contribution in [3.8, 4) is 0 Å². The molecule has 2 aromatic carbocycles. The highest BCUT2D eigenvalue weighted by atomic mass is 14.5. The second-order valence-corrected chi connectivity index (χ2v) is 6.47. The summed E-state index contributed by atoms with van der Waals surface area (Å²) in [6, 6.07) is 13.5. The summed E-state index contributed by atoms with van der Waals surface area (Å²) in [5.74, 6) is 0. The third-order valence-corrected chi connectivity index (χ3v) is 5.02. The zero-order chi connectivity index (χ0) is 12.9. The average Bonchev–Trinajstić information content (AvgIpc) is 3.18. The van der Waals surface area contributed by atoms with Gasteiger partial charge in [0.15, 0.2) is 0 Å². The molecule has 0 aromatic heterocycles. The predicted octanol–water partition coefficient (Wildman–Crippen LogP) is 5.50. The van der Waals surface area contributed by atoms with Gasteiger partial charge in [-0.05, 0) is 71.9 Å². The van der Waals surface area contributed by atoms with E-state index in [0.29, 0.717) is 0 Å². The summed E-state index contributed by atoms with van der Waals surface area (Å²) in [6.07, 6.45) is 9.44. The number of hydrogen-bond acceptors (Lipinski definition) is 0. The third kappa shape index (κ3) is 1.90. The lowest BCUT2D eigenvalue weighted by molar-refractivity contribution is 0.466. The Labute approximate surface area is 115 Å². The molecule has 0 atom stereocenters. The van der Waals surface area contributed by atoms with E-state index in [1.165, 1.54) is 54.0 Å². The Hall–Kier alpha value is -1.56. The zero-order valence-corrected chi connectivity index (χ0v) is 11.6. The molecule has 0 amide bonds. The van der Waals surface area contributed by atoms with E-state index in [1.54, 1.807) is 5.57 Å². The fraction of sp³-hybridized carbons (Fsp3) is 0.368. The number of benzene rings is 2. The van der Waals surface area contributed by atoms with Crippen molar-refractivity contribution in [2.24, 2.45) is 5.41 Å². The maximum Gasteiger partial charge on any atom is -0.0109 e. The van der Waals surface area contributed by atoms with Gasteiger partial charge in [-0.3, -0.25) is 0 Å². The van der Waals surface area contributed by atoms with Crippen molar-refractivity contribution in [1.29, 1.82) is 0 Å². The van der Waals surface area contributed by atoms with Gasteiger partial charge >= 0.3 is 0 Å². The molecule has 1 saturated carbocycles. The summed E-state index contributed by atoms with van der Waals surface area (Å²) in [6.45, 7) is 2.21. The fourth-order valence-corrected chi connectivity index (χ4v) is 3.55. The van der Waals surface area contributed by atoms with Crippen LogP contribution in [-0.4, -0.2) is 0 Å². The van der Waals surface area contributed by atoms with Gasteiger partial charge < -0.3 is 0 Å². The molecular weight excluding hydrogens is 228 g/mol. The lowest BCUT2D eigenvalue weighted by atomic mass is 9.83. The molecule has 0 saturated heterocycles. The van der Waals surface area contributed by atoms with Crippen molar-refractivity contribution in [2.45, 2.75) is 39.0 Å².